The van der Waals surface area contributed by atoms with Crippen molar-refractivity contribution in [2.75, 3.05) is 5.73 Å². The van der Waals surface area contributed by atoms with E-state index in [-0.39, 0.29) is 0 Å². The van der Waals surface area contributed by atoms with Gasteiger partial charge in [0.2, 0.25) is 0 Å². The number of nitrogen functional groups attached to an aromatic ring is 1. The van der Waals surface area contributed by atoms with Gasteiger partial charge in [0.1, 0.15) is 5.82 Å². The molecule has 16 heavy (non-hydrogen) atoms. The van der Waals surface area contributed by atoms with Gasteiger partial charge >= 0.3 is 0 Å². The summed E-state index contributed by atoms with van der Waals surface area (Å²) in [6.07, 6.45) is 1.76. The maximum absolute atomic E-state index is 5.94. The summed E-state index contributed by atoms with van der Waals surface area (Å²) in [6, 6.07) is 7.79. The number of pyridine rings is 2. The van der Waals surface area contributed by atoms with E-state index in [0.717, 1.165) is 22.2 Å². The molecular formula is C12H9N3S. The molecule has 0 radical (unpaired) electrons. The van der Waals surface area contributed by atoms with E-state index in [0.29, 0.717) is 5.82 Å². The van der Waals surface area contributed by atoms with E-state index in [1.54, 1.807) is 17.5 Å². The van der Waals surface area contributed by atoms with Gasteiger partial charge in [-0.2, -0.15) is 11.3 Å². The number of hydrogen-bond acceptors (Lipinski definition) is 4. The summed E-state index contributed by atoms with van der Waals surface area (Å²) in [6.45, 7) is 0. The van der Waals surface area contributed by atoms with Gasteiger partial charge in [0.05, 0.1) is 11.0 Å². The number of thiophene rings is 1. The Labute approximate surface area is 96.6 Å². The quantitative estimate of drug-likeness (QED) is 0.695. The third-order valence-corrected chi connectivity index (χ3v) is 3.13. The molecule has 0 bridgehead atoms. The molecule has 0 aliphatic carbocycles. The zero-order valence-electron chi connectivity index (χ0n) is 8.42. The highest BCUT2D eigenvalue weighted by Crippen LogP contribution is 2.28. The van der Waals surface area contributed by atoms with Crippen LogP contribution in [-0.4, -0.2) is 9.97 Å². The Balaban J connectivity index is 2.30. The fourth-order valence-electron chi connectivity index (χ4n) is 1.66. The SMILES string of the molecule is Nc1nc2cccnc2cc1-c1ccsc1. The van der Waals surface area contributed by atoms with E-state index < -0.39 is 0 Å². The van der Waals surface area contributed by atoms with Gasteiger partial charge in [-0.15, -0.1) is 0 Å². The van der Waals surface area contributed by atoms with Crippen molar-refractivity contribution in [1.29, 1.82) is 0 Å². The minimum Gasteiger partial charge on any atom is -0.383 e. The monoisotopic (exact) mass is 227 g/mol. The summed E-state index contributed by atoms with van der Waals surface area (Å²) in [7, 11) is 0. The molecule has 3 heterocycles. The second-order valence-corrected chi connectivity index (χ2v) is 4.25. The fraction of sp³-hybridized carbons (Fsp3) is 0. The fourth-order valence-corrected chi connectivity index (χ4v) is 2.32. The van der Waals surface area contributed by atoms with Gasteiger partial charge in [0, 0.05) is 11.8 Å². The van der Waals surface area contributed by atoms with Crippen molar-refractivity contribution in [3.8, 4) is 11.1 Å². The van der Waals surface area contributed by atoms with Crippen molar-refractivity contribution in [2.24, 2.45) is 0 Å². The van der Waals surface area contributed by atoms with Gasteiger partial charge in [0.15, 0.2) is 0 Å². The standard InChI is InChI=1S/C12H9N3S/c13-12-9(8-3-5-16-7-8)6-11-10(15-12)2-1-4-14-11/h1-7H,(H2,13,15). The van der Waals surface area contributed by atoms with Gasteiger partial charge in [-0.3, -0.25) is 4.98 Å². The molecule has 0 fully saturated rings. The minimum atomic E-state index is 0.555. The Hall–Kier alpha value is -1.94. The van der Waals surface area contributed by atoms with E-state index in [1.165, 1.54) is 0 Å². The van der Waals surface area contributed by atoms with Crippen LogP contribution in [0.5, 0.6) is 0 Å². The van der Waals surface area contributed by atoms with Gasteiger partial charge < -0.3 is 5.73 Å². The van der Waals surface area contributed by atoms with Crippen LogP contribution in [0.3, 0.4) is 0 Å². The zero-order valence-corrected chi connectivity index (χ0v) is 9.24. The van der Waals surface area contributed by atoms with E-state index >= 15 is 0 Å². The van der Waals surface area contributed by atoms with E-state index in [4.69, 9.17) is 5.73 Å². The Morgan fingerprint density at radius 2 is 2.12 bits per heavy atom. The van der Waals surface area contributed by atoms with Crippen LogP contribution in [0.1, 0.15) is 0 Å². The third kappa shape index (κ3) is 1.44. The van der Waals surface area contributed by atoms with Gasteiger partial charge in [-0.05, 0) is 40.6 Å². The minimum absolute atomic E-state index is 0.555. The van der Waals surface area contributed by atoms with Crippen LogP contribution in [-0.2, 0) is 0 Å². The van der Waals surface area contributed by atoms with Crippen LogP contribution >= 0.6 is 11.3 Å². The molecule has 0 amide bonds. The number of anilines is 1. The molecule has 3 nitrogen and oxygen atoms in total. The molecule has 3 aromatic heterocycles. The summed E-state index contributed by atoms with van der Waals surface area (Å²) in [5.74, 6) is 0.555. The lowest BCUT2D eigenvalue weighted by Gasteiger charge is -2.04. The summed E-state index contributed by atoms with van der Waals surface area (Å²) >= 11 is 1.64. The first-order valence-electron chi connectivity index (χ1n) is 4.88. The van der Waals surface area contributed by atoms with Crippen molar-refractivity contribution in [1.82, 2.24) is 9.97 Å². The maximum atomic E-state index is 5.94. The number of nitrogens with zero attached hydrogens (tertiary/aromatic N) is 2. The molecule has 0 aromatic carbocycles. The van der Waals surface area contributed by atoms with Crippen LogP contribution in [0.15, 0.2) is 41.2 Å². The number of rotatable bonds is 1. The van der Waals surface area contributed by atoms with Crippen molar-refractivity contribution in [2.45, 2.75) is 0 Å². The first-order chi connectivity index (χ1) is 7.84. The first kappa shape index (κ1) is 9.30. The largest absolute Gasteiger partial charge is 0.383 e. The third-order valence-electron chi connectivity index (χ3n) is 2.45. The first-order valence-corrected chi connectivity index (χ1v) is 5.83. The molecule has 78 valence electrons. The Bertz CT molecular complexity index is 632. The summed E-state index contributed by atoms with van der Waals surface area (Å²) in [4.78, 5) is 8.63. The number of fused-ring (bicyclic) bond motifs is 1. The second kappa shape index (κ2) is 3.57. The zero-order chi connectivity index (χ0) is 11.0. The summed E-state index contributed by atoms with van der Waals surface area (Å²) in [5, 5.41) is 4.08. The average Bonchev–Trinajstić information content (AvgIpc) is 2.81. The van der Waals surface area contributed by atoms with E-state index in [2.05, 4.69) is 15.3 Å². The van der Waals surface area contributed by atoms with Gasteiger partial charge in [-0.1, -0.05) is 0 Å². The molecular weight excluding hydrogens is 218 g/mol. The van der Waals surface area contributed by atoms with E-state index in [9.17, 15) is 0 Å². The molecule has 0 aliphatic rings. The number of nitrogens with two attached hydrogens (primary N) is 1. The summed E-state index contributed by atoms with van der Waals surface area (Å²) < 4.78 is 0. The smallest absolute Gasteiger partial charge is 0.132 e. The Kier molecular flexibility index (Phi) is 2.08. The van der Waals surface area contributed by atoms with Crippen molar-refractivity contribution in [3.05, 3.63) is 41.2 Å². The van der Waals surface area contributed by atoms with Crippen molar-refractivity contribution < 1.29 is 0 Å². The predicted octanol–water partition coefficient (Wildman–Crippen LogP) is 2.94. The van der Waals surface area contributed by atoms with Gasteiger partial charge in [-0.25, -0.2) is 4.98 Å². The maximum Gasteiger partial charge on any atom is 0.132 e. The highest BCUT2D eigenvalue weighted by atomic mass is 32.1. The van der Waals surface area contributed by atoms with Gasteiger partial charge in [0.25, 0.3) is 0 Å². The lowest BCUT2D eigenvalue weighted by atomic mass is 10.1. The Morgan fingerprint density at radius 3 is 2.94 bits per heavy atom. The highest BCUT2D eigenvalue weighted by Gasteiger charge is 2.06. The lowest BCUT2D eigenvalue weighted by Crippen LogP contribution is -1.95. The van der Waals surface area contributed by atoms with Crippen LogP contribution in [0.2, 0.25) is 0 Å². The molecule has 0 unspecified atom stereocenters. The summed E-state index contributed by atoms with van der Waals surface area (Å²) in [5.41, 5.74) is 9.70. The topological polar surface area (TPSA) is 51.8 Å². The molecule has 0 saturated carbocycles. The predicted molar refractivity (Wildman–Crippen MR) is 67.3 cm³/mol. The number of aromatic nitrogens is 2. The Morgan fingerprint density at radius 1 is 1.19 bits per heavy atom. The van der Waals surface area contributed by atoms with Crippen LogP contribution in [0.25, 0.3) is 22.2 Å². The molecule has 3 aromatic rings. The number of hydrogen-bond donors (Lipinski definition) is 1. The van der Waals surface area contributed by atoms with E-state index in [1.807, 2.05) is 29.6 Å². The normalized spacial score (nSPS) is 10.8. The van der Waals surface area contributed by atoms with Crippen LogP contribution in [0, 0.1) is 0 Å². The molecule has 4 heteroatoms. The lowest BCUT2D eigenvalue weighted by molar-refractivity contribution is 1.34. The second-order valence-electron chi connectivity index (χ2n) is 3.47. The van der Waals surface area contributed by atoms with Crippen LogP contribution in [0.4, 0.5) is 5.82 Å². The van der Waals surface area contributed by atoms with Crippen molar-refractivity contribution in [3.63, 3.8) is 0 Å². The molecule has 0 atom stereocenters. The molecule has 3 rings (SSSR count). The molecule has 0 aliphatic heterocycles. The average molecular weight is 227 g/mol. The molecule has 0 saturated heterocycles. The molecule has 0 spiro atoms. The molecule has 2 N–H and O–H groups in total. The highest BCUT2D eigenvalue weighted by molar-refractivity contribution is 7.08. The van der Waals surface area contributed by atoms with Crippen molar-refractivity contribution >= 4 is 28.2 Å². The van der Waals surface area contributed by atoms with Crippen LogP contribution < -0.4 is 5.73 Å².